The van der Waals surface area contributed by atoms with Crippen molar-refractivity contribution in [2.24, 2.45) is 0 Å². The van der Waals surface area contributed by atoms with Crippen LogP contribution in [0.5, 0.6) is 0 Å². The smallest absolute Gasteiger partial charge is 0.121 e. The van der Waals surface area contributed by atoms with Gasteiger partial charge in [0.25, 0.3) is 0 Å². The van der Waals surface area contributed by atoms with Crippen LogP contribution in [0.3, 0.4) is 0 Å². The molecule has 0 unspecified atom stereocenters. The number of rotatable bonds is 2. The molecule has 0 N–H and O–H groups in total. The van der Waals surface area contributed by atoms with Crippen molar-refractivity contribution in [1.82, 2.24) is 4.98 Å². The van der Waals surface area contributed by atoms with Gasteiger partial charge in [-0.15, -0.1) is 0 Å². The van der Waals surface area contributed by atoms with Gasteiger partial charge in [-0.1, -0.05) is 18.2 Å². The van der Waals surface area contributed by atoms with E-state index >= 15 is 0 Å². The monoisotopic (exact) mass is 219 g/mol. The molecular formula is C12H10ClNO. The summed E-state index contributed by atoms with van der Waals surface area (Å²) in [7, 11) is 1.59. The van der Waals surface area contributed by atoms with Gasteiger partial charge < -0.3 is 4.74 Å². The van der Waals surface area contributed by atoms with Crippen LogP contribution in [0.1, 0.15) is 5.56 Å². The van der Waals surface area contributed by atoms with Gasteiger partial charge in [0.1, 0.15) is 5.76 Å². The summed E-state index contributed by atoms with van der Waals surface area (Å²) in [6.07, 6.45) is 1.73. The highest BCUT2D eigenvalue weighted by Crippen LogP contribution is 2.28. The molecular weight excluding hydrogens is 210 g/mol. The molecule has 1 aromatic carbocycles. The minimum Gasteiger partial charge on any atom is -0.497 e. The van der Waals surface area contributed by atoms with Gasteiger partial charge in [0.05, 0.1) is 17.6 Å². The lowest BCUT2D eigenvalue weighted by atomic mass is 10.1. The molecule has 0 spiro atoms. The van der Waals surface area contributed by atoms with Crippen LogP contribution in [0.15, 0.2) is 37.0 Å². The molecule has 76 valence electrons. The molecule has 15 heavy (non-hydrogen) atoms. The first-order valence-corrected chi connectivity index (χ1v) is 4.88. The van der Waals surface area contributed by atoms with Crippen LogP contribution in [0, 0.1) is 0 Å². The van der Waals surface area contributed by atoms with Crippen LogP contribution < -0.4 is 0 Å². The molecule has 0 aliphatic carbocycles. The molecule has 0 aliphatic heterocycles. The quantitative estimate of drug-likeness (QED) is 0.722. The first-order valence-electron chi connectivity index (χ1n) is 4.50. The molecule has 1 aromatic heterocycles. The lowest BCUT2D eigenvalue weighted by molar-refractivity contribution is 0.372. The van der Waals surface area contributed by atoms with Crippen molar-refractivity contribution in [1.29, 1.82) is 0 Å². The van der Waals surface area contributed by atoms with Crippen LogP contribution in [-0.4, -0.2) is 12.1 Å². The van der Waals surface area contributed by atoms with E-state index in [0.29, 0.717) is 10.8 Å². The molecule has 0 fully saturated rings. The van der Waals surface area contributed by atoms with E-state index < -0.39 is 0 Å². The topological polar surface area (TPSA) is 22.1 Å². The molecule has 3 heteroatoms. The summed E-state index contributed by atoms with van der Waals surface area (Å²) < 4.78 is 5.11. The van der Waals surface area contributed by atoms with Crippen LogP contribution in [0.2, 0.25) is 5.02 Å². The lowest BCUT2D eigenvalue weighted by Crippen LogP contribution is -1.90. The van der Waals surface area contributed by atoms with Gasteiger partial charge in [0.2, 0.25) is 0 Å². The van der Waals surface area contributed by atoms with Gasteiger partial charge in [0.15, 0.2) is 0 Å². The first kappa shape index (κ1) is 9.99. The van der Waals surface area contributed by atoms with Crippen LogP contribution in [0.25, 0.3) is 16.7 Å². The van der Waals surface area contributed by atoms with Gasteiger partial charge >= 0.3 is 0 Å². The van der Waals surface area contributed by atoms with Gasteiger partial charge in [-0.3, -0.25) is 4.98 Å². The minimum atomic E-state index is 0.593. The number of halogens is 1. The molecule has 0 atom stereocenters. The number of methoxy groups -OCH3 is 1. The second-order valence-electron chi connectivity index (χ2n) is 3.12. The zero-order valence-corrected chi connectivity index (χ0v) is 9.08. The molecule has 2 nitrogen and oxygen atoms in total. The average Bonchev–Trinajstić information content (AvgIpc) is 2.29. The van der Waals surface area contributed by atoms with E-state index in [-0.39, 0.29) is 0 Å². The van der Waals surface area contributed by atoms with Crippen LogP contribution in [0.4, 0.5) is 0 Å². The SMILES string of the molecule is C=C(OC)c1ccc(Cl)c2cccnc12. The highest BCUT2D eigenvalue weighted by atomic mass is 35.5. The fourth-order valence-corrected chi connectivity index (χ4v) is 1.69. The van der Waals surface area contributed by atoms with Crippen molar-refractivity contribution in [3.05, 3.63) is 47.6 Å². The Balaban J connectivity index is 2.77. The normalized spacial score (nSPS) is 10.3. The Morgan fingerprint density at radius 2 is 2.20 bits per heavy atom. The van der Waals surface area contributed by atoms with E-state index in [4.69, 9.17) is 16.3 Å². The van der Waals surface area contributed by atoms with Gasteiger partial charge in [0, 0.05) is 17.1 Å². The largest absolute Gasteiger partial charge is 0.497 e. The molecule has 0 saturated heterocycles. The first-order chi connectivity index (χ1) is 7.24. The van der Waals surface area contributed by atoms with Crippen molar-refractivity contribution in [2.75, 3.05) is 7.11 Å². The van der Waals surface area contributed by atoms with E-state index in [1.54, 1.807) is 13.3 Å². The second kappa shape index (κ2) is 3.91. The summed E-state index contributed by atoms with van der Waals surface area (Å²) in [5.41, 5.74) is 1.69. The summed E-state index contributed by atoms with van der Waals surface area (Å²) in [6.45, 7) is 3.82. The molecule has 0 radical (unpaired) electrons. The summed E-state index contributed by atoms with van der Waals surface area (Å²) >= 11 is 6.07. The van der Waals surface area contributed by atoms with Crippen molar-refractivity contribution in [3.8, 4) is 0 Å². The molecule has 1 heterocycles. The molecule has 0 saturated carbocycles. The third kappa shape index (κ3) is 1.68. The Bertz CT molecular complexity index is 522. The van der Waals surface area contributed by atoms with Crippen molar-refractivity contribution >= 4 is 28.3 Å². The van der Waals surface area contributed by atoms with Crippen LogP contribution in [-0.2, 0) is 4.74 Å². The summed E-state index contributed by atoms with van der Waals surface area (Å²) in [4.78, 5) is 4.29. The highest BCUT2D eigenvalue weighted by Gasteiger charge is 2.08. The van der Waals surface area contributed by atoms with Gasteiger partial charge in [-0.25, -0.2) is 0 Å². The maximum Gasteiger partial charge on any atom is 0.121 e. The molecule has 2 rings (SSSR count). The Labute approximate surface area is 93.2 Å². The predicted octanol–water partition coefficient (Wildman–Crippen LogP) is 3.51. The zero-order chi connectivity index (χ0) is 10.8. The maximum atomic E-state index is 6.07. The Kier molecular flexibility index (Phi) is 2.60. The number of pyridine rings is 1. The summed E-state index contributed by atoms with van der Waals surface area (Å²) in [5.74, 6) is 0.593. The number of ether oxygens (including phenoxy) is 1. The molecule has 0 bridgehead atoms. The van der Waals surface area contributed by atoms with E-state index in [9.17, 15) is 0 Å². The minimum absolute atomic E-state index is 0.593. The number of fused-ring (bicyclic) bond motifs is 1. The standard InChI is InChI=1S/C12H10ClNO/c1-8(15-2)9-5-6-11(13)10-4-3-7-14-12(9)10/h3-7H,1H2,2H3. The van der Waals surface area contributed by atoms with Crippen molar-refractivity contribution in [2.45, 2.75) is 0 Å². The van der Waals surface area contributed by atoms with Crippen molar-refractivity contribution in [3.63, 3.8) is 0 Å². The van der Waals surface area contributed by atoms with E-state index in [1.807, 2.05) is 24.3 Å². The Morgan fingerprint density at radius 1 is 1.40 bits per heavy atom. The van der Waals surface area contributed by atoms with Crippen molar-refractivity contribution < 1.29 is 4.74 Å². The second-order valence-corrected chi connectivity index (χ2v) is 3.53. The maximum absolute atomic E-state index is 6.07. The number of nitrogens with zero attached hydrogens (tertiary/aromatic N) is 1. The van der Waals surface area contributed by atoms with E-state index in [1.165, 1.54) is 0 Å². The third-order valence-electron chi connectivity index (χ3n) is 2.26. The fraction of sp³-hybridized carbons (Fsp3) is 0.0833. The summed E-state index contributed by atoms with van der Waals surface area (Å²) in [5, 5.41) is 1.60. The highest BCUT2D eigenvalue weighted by molar-refractivity contribution is 6.35. The molecule has 0 aliphatic rings. The number of hydrogen-bond donors (Lipinski definition) is 0. The average molecular weight is 220 g/mol. The Hall–Kier alpha value is -1.54. The van der Waals surface area contributed by atoms with E-state index in [2.05, 4.69) is 11.6 Å². The third-order valence-corrected chi connectivity index (χ3v) is 2.59. The fourth-order valence-electron chi connectivity index (χ4n) is 1.47. The molecule has 0 amide bonds. The number of aromatic nitrogens is 1. The van der Waals surface area contributed by atoms with Gasteiger partial charge in [-0.2, -0.15) is 0 Å². The predicted molar refractivity (Wildman–Crippen MR) is 62.8 cm³/mol. The van der Waals surface area contributed by atoms with E-state index in [0.717, 1.165) is 16.5 Å². The number of hydrogen-bond acceptors (Lipinski definition) is 2. The zero-order valence-electron chi connectivity index (χ0n) is 8.33. The van der Waals surface area contributed by atoms with Gasteiger partial charge in [-0.05, 0) is 24.3 Å². The number of benzene rings is 1. The lowest BCUT2D eigenvalue weighted by Gasteiger charge is -2.08. The molecule has 2 aromatic rings. The van der Waals surface area contributed by atoms with Crippen LogP contribution >= 0.6 is 11.6 Å². The Morgan fingerprint density at radius 3 is 2.93 bits per heavy atom. The summed E-state index contributed by atoms with van der Waals surface area (Å²) in [6, 6.07) is 7.47.